The molecule has 1 N–H and O–H groups in total. The van der Waals surface area contributed by atoms with E-state index in [1.807, 2.05) is 22.6 Å². The lowest BCUT2D eigenvalue weighted by Crippen LogP contribution is -2.30. The largest absolute Gasteiger partial charge is 0.449 e. The van der Waals surface area contributed by atoms with Crippen molar-refractivity contribution >= 4 is 63.6 Å². The number of aryl methyl sites for hydroxylation is 1. The highest BCUT2D eigenvalue weighted by Crippen LogP contribution is 2.27. The van der Waals surface area contributed by atoms with Crippen LogP contribution in [0.4, 0.5) is 5.88 Å². The molecule has 6 nitrogen and oxygen atoms in total. The van der Waals surface area contributed by atoms with Crippen LogP contribution >= 0.6 is 45.8 Å². The van der Waals surface area contributed by atoms with Crippen molar-refractivity contribution in [1.82, 2.24) is 5.16 Å². The normalized spacial score (nSPS) is 11.9. The van der Waals surface area contributed by atoms with Gasteiger partial charge in [0.2, 0.25) is 5.88 Å². The van der Waals surface area contributed by atoms with Gasteiger partial charge >= 0.3 is 5.97 Å². The van der Waals surface area contributed by atoms with Crippen molar-refractivity contribution < 1.29 is 18.8 Å². The first-order valence-electron chi connectivity index (χ1n) is 6.37. The third kappa shape index (κ3) is 4.58. The zero-order chi connectivity index (χ0) is 17.1. The van der Waals surface area contributed by atoms with Crippen molar-refractivity contribution in [3.8, 4) is 0 Å². The Morgan fingerprint density at radius 2 is 2.04 bits per heavy atom. The molecule has 1 unspecified atom stereocenters. The fraction of sp³-hybridized carbons (Fsp3) is 0.214. The van der Waals surface area contributed by atoms with E-state index in [4.69, 9.17) is 32.5 Å². The van der Waals surface area contributed by atoms with Gasteiger partial charge in [0.15, 0.2) is 6.10 Å². The topological polar surface area (TPSA) is 81.4 Å². The van der Waals surface area contributed by atoms with Crippen LogP contribution in [0.15, 0.2) is 22.7 Å². The number of carbonyl (C=O) groups excluding carboxylic acids is 2. The Morgan fingerprint density at radius 1 is 1.35 bits per heavy atom. The average Bonchev–Trinajstić information content (AvgIpc) is 2.87. The lowest BCUT2D eigenvalue weighted by atomic mass is 10.2. The number of esters is 1. The molecular weight excluding hydrogens is 458 g/mol. The molecule has 0 fully saturated rings. The Kier molecular flexibility index (Phi) is 5.88. The SMILES string of the molecule is Cc1cc(NC(=O)C(C)OC(=O)c2cc(Cl)cc(Cl)c2I)on1. The van der Waals surface area contributed by atoms with Crippen molar-refractivity contribution in [3.05, 3.63) is 43.1 Å². The van der Waals surface area contributed by atoms with E-state index in [0.717, 1.165) is 0 Å². The Balaban J connectivity index is 2.06. The summed E-state index contributed by atoms with van der Waals surface area (Å²) in [6, 6.07) is 4.50. The molecule has 1 aromatic carbocycles. The maximum atomic E-state index is 12.2. The molecule has 1 heterocycles. The van der Waals surface area contributed by atoms with E-state index in [2.05, 4.69) is 10.5 Å². The van der Waals surface area contributed by atoms with Crippen LogP contribution in [0.2, 0.25) is 10.0 Å². The molecule has 1 aromatic heterocycles. The van der Waals surface area contributed by atoms with Gasteiger partial charge in [0.05, 0.1) is 16.3 Å². The maximum Gasteiger partial charge on any atom is 0.340 e. The summed E-state index contributed by atoms with van der Waals surface area (Å²) in [6.07, 6.45) is -1.04. The van der Waals surface area contributed by atoms with Crippen LogP contribution in [0.25, 0.3) is 0 Å². The zero-order valence-electron chi connectivity index (χ0n) is 12.0. The molecule has 0 spiro atoms. The summed E-state index contributed by atoms with van der Waals surface area (Å²) in [5, 5.41) is 6.73. The number of hydrogen-bond acceptors (Lipinski definition) is 5. The first kappa shape index (κ1) is 18.0. The second-order valence-electron chi connectivity index (χ2n) is 4.62. The highest BCUT2D eigenvalue weighted by Gasteiger charge is 2.22. The predicted octanol–water partition coefficient (Wildman–Crippen LogP) is 4.08. The van der Waals surface area contributed by atoms with Gasteiger partial charge in [0.25, 0.3) is 5.91 Å². The number of anilines is 1. The summed E-state index contributed by atoms with van der Waals surface area (Å²) < 4.78 is 10.5. The Hall–Kier alpha value is -1.32. The minimum absolute atomic E-state index is 0.177. The molecule has 122 valence electrons. The quantitative estimate of drug-likeness (QED) is 0.415. The molecule has 0 aliphatic rings. The van der Waals surface area contributed by atoms with Crippen LogP contribution in [0.1, 0.15) is 23.0 Å². The molecule has 0 aliphatic carbocycles. The van der Waals surface area contributed by atoms with E-state index < -0.39 is 18.0 Å². The number of benzene rings is 1. The van der Waals surface area contributed by atoms with Crippen LogP contribution in [0, 0.1) is 10.5 Å². The summed E-state index contributed by atoms with van der Waals surface area (Å²) in [7, 11) is 0. The summed E-state index contributed by atoms with van der Waals surface area (Å²) in [5.74, 6) is -1.07. The number of hydrogen-bond donors (Lipinski definition) is 1. The molecule has 2 aromatic rings. The number of halogens is 3. The fourth-order valence-corrected chi connectivity index (χ4v) is 2.65. The summed E-state index contributed by atoms with van der Waals surface area (Å²) in [4.78, 5) is 24.2. The third-order valence-electron chi connectivity index (χ3n) is 2.74. The van der Waals surface area contributed by atoms with Gasteiger partial charge in [-0.15, -0.1) is 0 Å². The van der Waals surface area contributed by atoms with Crippen molar-refractivity contribution in [1.29, 1.82) is 0 Å². The molecule has 2 rings (SSSR count). The zero-order valence-corrected chi connectivity index (χ0v) is 15.7. The molecule has 0 aliphatic heterocycles. The number of nitrogens with one attached hydrogen (secondary N) is 1. The molecule has 23 heavy (non-hydrogen) atoms. The summed E-state index contributed by atoms with van der Waals surface area (Å²) in [6.45, 7) is 3.16. The summed E-state index contributed by atoms with van der Waals surface area (Å²) in [5.41, 5.74) is 0.811. The van der Waals surface area contributed by atoms with Crippen molar-refractivity contribution in [2.75, 3.05) is 5.32 Å². The Morgan fingerprint density at radius 3 is 2.65 bits per heavy atom. The summed E-state index contributed by atoms with van der Waals surface area (Å²) >= 11 is 13.8. The van der Waals surface area contributed by atoms with E-state index in [1.165, 1.54) is 19.1 Å². The second-order valence-corrected chi connectivity index (χ2v) is 6.54. The molecule has 0 saturated heterocycles. The van der Waals surface area contributed by atoms with Gasteiger partial charge in [-0.25, -0.2) is 4.79 Å². The van der Waals surface area contributed by atoms with Gasteiger partial charge in [-0.3, -0.25) is 10.1 Å². The molecule has 1 atom stereocenters. The van der Waals surface area contributed by atoms with E-state index in [1.54, 1.807) is 13.0 Å². The first-order chi connectivity index (χ1) is 10.8. The number of nitrogens with zero attached hydrogens (tertiary/aromatic N) is 1. The van der Waals surface area contributed by atoms with Gasteiger partial charge in [-0.1, -0.05) is 28.4 Å². The van der Waals surface area contributed by atoms with Crippen LogP contribution in [0.3, 0.4) is 0 Å². The van der Waals surface area contributed by atoms with Gasteiger partial charge in [0.1, 0.15) is 0 Å². The van der Waals surface area contributed by atoms with E-state index in [-0.39, 0.29) is 11.4 Å². The Bertz CT molecular complexity index is 763. The molecule has 9 heteroatoms. The molecule has 0 saturated carbocycles. The molecule has 0 bridgehead atoms. The molecular formula is C14H11Cl2IN2O4. The van der Waals surface area contributed by atoms with Crippen molar-refractivity contribution in [2.45, 2.75) is 20.0 Å². The highest BCUT2D eigenvalue weighted by atomic mass is 127. The molecule has 0 radical (unpaired) electrons. The standard InChI is InChI=1S/C14H11Cl2IN2O4/c1-6-3-11(23-19-6)18-13(20)7(2)22-14(21)9-4-8(15)5-10(16)12(9)17/h3-5,7H,1-2H3,(H,18,20). The lowest BCUT2D eigenvalue weighted by Gasteiger charge is -2.13. The number of rotatable bonds is 4. The molecule has 1 amide bonds. The van der Waals surface area contributed by atoms with Crippen molar-refractivity contribution in [2.24, 2.45) is 0 Å². The number of carbonyl (C=O) groups is 2. The minimum atomic E-state index is -1.04. The third-order valence-corrected chi connectivity index (χ3v) is 4.74. The number of ether oxygens (including phenoxy) is 1. The fourth-order valence-electron chi connectivity index (χ4n) is 1.63. The Labute approximate surface area is 155 Å². The number of amides is 1. The average molecular weight is 469 g/mol. The smallest absolute Gasteiger partial charge is 0.340 e. The highest BCUT2D eigenvalue weighted by molar-refractivity contribution is 14.1. The van der Waals surface area contributed by atoms with E-state index in [0.29, 0.717) is 19.3 Å². The van der Waals surface area contributed by atoms with Gasteiger partial charge in [0, 0.05) is 14.7 Å². The number of aromatic nitrogens is 1. The minimum Gasteiger partial charge on any atom is -0.449 e. The van der Waals surface area contributed by atoms with Crippen molar-refractivity contribution in [3.63, 3.8) is 0 Å². The maximum absolute atomic E-state index is 12.2. The monoisotopic (exact) mass is 468 g/mol. The van der Waals surface area contributed by atoms with E-state index >= 15 is 0 Å². The van der Waals surface area contributed by atoms with Gasteiger partial charge in [-0.2, -0.15) is 0 Å². The predicted molar refractivity (Wildman–Crippen MR) is 93.9 cm³/mol. The van der Waals surface area contributed by atoms with Gasteiger partial charge in [-0.05, 0) is 48.6 Å². The first-order valence-corrected chi connectivity index (χ1v) is 8.21. The second kappa shape index (κ2) is 7.50. The van der Waals surface area contributed by atoms with Gasteiger partial charge < -0.3 is 9.26 Å². The van der Waals surface area contributed by atoms with E-state index in [9.17, 15) is 9.59 Å². The van der Waals surface area contributed by atoms with Crippen LogP contribution in [-0.2, 0) is 9.53 Å². The van der Waals surface area contributed by atoms with Crippen LogP contribution < -0.4 is 5.32 Å². The lowest BCUT2D eigenvalue weighted by molar-refractivity contribution is -0.123. The van der Waals surface area contributed by atoms with Crippen LogP contribution in [-0.4, -0.2) is 23.1 Å². The van der Waals surface area contributed by atoms with Crippen LogP contribution in [0.5, 0.6) is 0 Å².